The van der Waals surface area contributed by atoms with Crippen LogP contribution in [0.5, 0.6) is 11.5 Å². The van der Waals surface area contributed by atoms with Gasteiger partial charge in [-0.2, -0.15) is 0 Å². The van der Waals surface area contributed by atoms with E-state index in [4.69, 9.17) is 9.47 Å². The molecule has 0 saturated carbocycles. The van der Waals surface area contributed by atoms with Crippen molar-refractivity contribution in [2.75, 3.05) is 33.5 Å². The lowest BCUT2D eigenvalue weighted by Crippen LogP contribution is -2.45. The van der Waals surface area contributed by atoms with Gasteiger partial charge in [0, 0.05) is 38.6 Å². The van der Waals surface area contributed by atoms with Gasteiger partial charge in [-0.25, -0.2) is 0 Å². The van der Waals surface area contributed by atoms with Crippen molar-refractivity contribution in [3.8, 4) is 11.5 Å². The second-order valence-corrected chi connectivity index (χ2v) is 7.01. The van der Waals surface area contributed by atoms with Gasteiger partial charge in [0.25, 0.3) is 0 Å². The Balaban J connectivity index is 0.00000261. The first kappa shape index (κ1) is 21.6. The molecule has 1 saturated heterocycles. The maximum Gasteiger partial charge on any atom is 0.231 e. The van der Waals surface area contributed by atoms with Gasteiger partial charge in [0.15, 0.2) is 17.5 Å². The van der Waals surface area contributed by atoms with Crippen LogP contribution < -0.4 is 20.1 Å². The van der Waals surface area contributed by atoms with E-state index in [2.05, 4.69) is 21.7 Å². The van der Waals surface area contributed by atoms with Crippen LogP contribution in [-0.4, -0.2) is 56.3 Å². The van der Waals surface area contributed by atoms with Gasteiger partial charge in [0.1, 0.15) is 0 Å². The van der Waals surface area contributed by atoms with Crippen LogP contribution in [0.25, 0.3) is 0 Å². The van der Waals surface area contributed by atoms with Crippen LogP contribution in [-0.2, 0) is 11.2 Å². The zero-order valence-electron chi connectivity index (χ0n) is 16.2. The number of guanidine groups is 1. The quantitative estimate of drug-likeness (QED) is 0.377. The summed E-state index contributed by atoms with van der Waals surface area (Å²) in [5.41, 5.74) is 1.19. The third-order valence-corrected chi connectivity index (χ3v) is 4.70. The highest BCUT2D eigenvalue weighted by Crippen LogP contribution is 2.32. The number of aliphatic imine (C=N–C) groups is 1. The number of halogens is 1. The molecule has 2 aliphatic heterocycles. The molecule has 1 aromatic carbocycles. The molecule has 1 unspecified atom stereocenters. The topological polar surface area (TPSA) is 75.2 Å². The van der Waals surface area contributed by atoms with E-state index in [1.54, 1.807) is 7.05 Å². The molecule has 1 fully saturated rings. The van der Waals surface area contributed by atoms with Crippen LogP contribution in [0, 0.1) is 5.92 Å². The molecule has 0 spiro atoms. The molecule has 2 N–H and O–H groups in total. The van der Waals surface area contributed by atoms with Crippen molar-refractivity contribution in [3.05, 3.63) is 23.8 Å². The van der Waals surface area contributed by atoms with Gasteiger partial charge in [-0.1, -0.05) is 19.9 Å². The monoisotopic (exact) mass is 488 g/mol. The van der Waals surface area contributed by atoms with Crippen LogP contribution in [0.4, 0.5) is 0 Å². The smallest absolute Gasteiger partial charge is 0.231 e. The van der Waals surface area contributed by atoms with Gasteiger partial charge >= 0.3 is 0 Å². The van der Waals surface area contributed by atoms with Crippen molar-refractivity contribution < 1.29 is 14.3 Å². The van der Waals surface area contributed by atoms with Crippen LogP contribution >= 0.6 is 24.0 Å². The molecule has 2 aliphatic rings. The lowest BCUT2D eigenvalue weighted by molar-refractivity contribution is -0.133. The number of nitrogens with one attached hydrogen (secondary N) is 2. The molecule has 0 aliphatic carbocycles. The Kier molecular flexibility index (Phi) is 8.00. The van der Waals surface area contributed by atoms with Gasteiger partial charge in [-0.05, 0) is 30.5 Å². The Bertz CT molecular complexity index is 681. The summed E-state index contributed by atoms with van der Waals surface area (Å²) < 4.78 is 10.7. The number of hydrogen-bond acceptors (Lipinski definition) is 4. The molecule has 0 radical (unpaired) electrons. The minimum atomic E-state index is 0. The maximum atomic E-state index is 12.1. The number of nitrogens with zero attached hydrogens (tertiary/aromatic N) is 2. The molecule has 1 atom stereocenters. The van der Waals surface area contributed by atoms with E-state index in [1.807, 2.05) is 30.9 Å². The third-order valence-electron chi connectivity index (χ3n) is 4.70. The largest absolute Gasteiger partial charge is 0.454 e. The first-order valence-electron chi connectivity index (χ1n) is 9.21. The second-order valence-electron chi connectivity index (χ2n) is 7.01. The Morgan fingerprint density at radius 3 is 2.85 bits per heavy atom. The molecule has 1 aromatic rings. The standard InChI is InChI=1S/C19H28N4O3.HI/c1-13(2)18(24)23-9-7-15(11-23)22-19(20-3)21-8-6-14-4-5-16-17(10-14)26-12-25-16;/h4-5,10,13,15H,6-9,11-12H2,1-3H3,(H2,20,21,22);1H. The number of benzene rings is 1. The van der Waals surface area contributed by atoms with Gasteiger partial charge in [0.05, 0.1) is 0 Å². The molecule has 1 amide bonds. The Labute approximate surface area is 177 Å². The molecule has 3 rings (SSSR count). The fourth-order valence-electron chi connectivity index (χ4n) is 3.25. The van der Waals surface area contributed by atoms with Crippen LogP contribution in [0.2, 0.25) is 0 Å². The van der Waals surface area contributed by atoms with Gasteiger partial charge < -0.3 is 25.0 Å². The molecular weight excluding hydrogens is 459 g/mol. The summed E-state index contributed by atoms with van der Waals surface area (Å²) in [6.45, 7) is 6.49. The number of carbonyl (C=O) groups is 1. The fraction of sp³-hybridized carbons (Fsp3) is 0.579. The predicted octanol–water partition coefficient (Wildman–Crippen LogP) is 2.00. The highest BCUT2D eigenvalue weighted by molar-refractivity contribution is 14.0. The highest BCUT2D eigenvalue weighted by atomic mass is 127. The third kappa shape index (κ3) is 5.63. The van der Waals surface area contributed by atoms with E-state index >= 15 is 0 Å². The van der Waals surface area contributed by atoms with Crippen molar-refractivity contribution in [2.24, 2.45) is 10.9 Å². The Hall–Kier alpha value is -1.71. The molecule has 150 valence electrons. The number of amides is 1. The summed E-state index contributed by atoms with van der Waals surface area (Å²) in [6, 6.07) is 6.27. The summed E-state index contributed by atoms with van der Waals surface area (Å²) in [7, 11) is 1.77. The average Bonchev–Trinajstić information content (AvgIpc) is 3.28. The van der Waals surface area contributed by atoms with Crippen LogP contribution in [0.1, 0.15) is 25.8 Å². The van der Waals surface area contributed by atoms with Gasteiger partial charge in [-0.3, -0.25) is 9.79 Å². The summed E-state index contributed by atoms with van der Waals surface area (Å²) in [5, 5.41) is 6.76. The lowest BCUT2D eigenvalue weighted by atomic mass is 10.1. The van der Waals surface area contributed by atoms with Crippen molar-refractivity contribution in [2.45, 2.75) is 32.7 Å². The number of carbonyl (C=O) groups excluding carboxylic acids is 1. The Morgan fingerprint density at radius 1 is 1.33 bits per heavy atom. The Morgan fingerprint density at radius 2 is 2.11 bits per heavy atom. The molecule has 0 aromatic heterocycles. The van der Waals surface area contributed by atoms with Crippen LogP contribution in [0.15, 0.2) is 23.2 Å². The molecular formula is C19H29IN4O3. The molecule has 2 heterocycles. The summed E-state index contributed by atoms with van der Waals surface area (Å²) in [5.74, 6) is 2.66. The molecule has 8 heteroatoms. The number of likely N-dealkylation sites (tertiary alicyclic amines) is 1. The van der Waals surface area contributed by atoms with E-state index in [0.29, 0.717) is 6.79 Å². The van der Waals surface area contributed by atoms with Crippen LogP contribution in [0.3, 0.4) is 0 Å². The van der Waals surface area contributed by atoms with E-state index in [-0.39, 0.29) is 41.8 Å². The normalized spacial score (nSPS) is 18.4. The number of fused-ring (bicyclic) bond motifs is 1. The van der Waals surface area contributed by atoms with Crippen molar-refractivity contribution in [1.82, 2.24) is 15.5 Å². The molecule has 7 nitrogen and oxygen atoms in total. The molecule has 27 heavy (non-hydrogen) atoms. The minimum Gasteiger partial charge on any atom is -0.454 e. The van der Waals surface area contributed by atoms with E-state index < -0.39 is 0 Å². The fourth-order valence-corrected chi connectivity index (χ4v) is 3.25. The number of rotatable bonds is 5. The zero-order chi connectivity index (χ0) is 18.5. The van der Waals surface area contributed by atoms with E-state index in [1.165, 1.54) is 5.56 Å². The highest BCUT2D eigenvalue weighted by Gasteiger charge is 2.27. The zero-order valence-corrected chi connectivity index (χ0v) is 18.5. The summed E-state index contributed by atoms with van der Waals surface area (Å²) in [4.78, 5) is 18.3. The molecule has 0 bridgehead atoms. The van der Waals surface area contributed by atoms with E-state index in [0.717, 1.165) is 49.9 Å². The number of hydrogen-bond donors (Lipinski definition) is 2. The van der Waals surface area contributed by atoms with Crippen molar-refractivity contribution >= 4 is 35.8 Å². The lowest BCUT2D eigenvalue weighted by Gasteiger charge is -2.20. The SMILES string of the molecule is CN=C(NCCc1ccc2c(c1)OCO2)NC1CCN(C(=O)C(C)C)C1.I. The van der Waals surface area contributed by atoms with Crippen molar-refractivity contribution in [3.63, 3.8) is 0 Å². The first-order chi connectivity index (χ1) is 12.6. The van der Waals surface area contributed by atoms with E-state index in [9.17, 15) is 4.79 Å². The summed E-state index contributed by atoms with van der Waals surface area (Å²) >= 11 is 0. The first-order valence-corrected chi connectivity index (χ1v) is 9.21. The second kappa shape index (κ2) is 10.0. The summed E-state index contributed by atoms with van der Waals surface area (Å²) in [6.07, 6.45) is 1.81. The minimum absolute atomic E-state index is 0. The maximum absolute atomic E-state index is 12.1. The van der Waals surface area contributed by atoms with Gasteiger partial charge in [-0.15, -0.1) is 24.0 Å². The number of ether oxygens (including phenoxy) is 2. The average molecular weight is 488 g/mol. The predicted molar refractivity (Wildman–Crippen MR) is 116 cm³/mol. The van der Waals surface area contributed by atoms with Crippen molar-refractivity contribution in [1.29, 1.82) is 0 Å². The van der Waals surface area contributed by atoms with Gasteiger partial charge in [0.2, 0.25) is 12.7 Å².